The molecule has 0 bridgehead atoms. The van der Waals surface area contributed by atoms with Gasteiger partial charge in [-0.15, -0.1) is 0 Å². The Hall–Kier alpha value is -4.20. The van der Waals surface area contributed by atoms with Crippen molar-refractivity contribution >= 4 is 23.6 Å². The number of pyridine rings is 1. The van der Waals surface area contributed by atoms with E-state index < -0.39 is 11.6 Å². The highest BCUT2D eigenvalue weighted by molar-refractivity contribution is 6.04. The highest BCUT2D eigenvalue weighted by Gasteiger charge is 2.17. The molecule has 0 radical (unpaired) electrons. The van der Waals surface area contributed by atoms with Crippen molar-refractivity contribution < 1.29 is 19.1 Å². The smallest absolute Gasteiger partial charge is 0.408 e. The van der Waals surface area contributed by atoms with E-state index in [9.17, 15) is 14.4 Å². The minimum absolute atomic E-state index is 0.222. The van der Waals surface area contributed by atoms with Crippen molar-refractivity contribution in [3.05, 3.63) is 84.2 Å². The van der Waals surface area contributed by atoms with Crippen LogP contribution in [0.3, 0.4) is 0 Å². The first kappa shape index (κ1) is 25.4. The zero-order valence-electron chi connectivity index (χ0n) is 20.4. The van der Waals surface area contributed by atoms with Gasteiger partial charge in [-0.3, -0.25) is 14.6 Å². The van der Waals surface area contributed by atoms with Crippen LogP contribution in [0.2, 0.25) is 0 Å². The van der Waals surface area contributed by atoms with Crippen LogP contribution >= 0.6 is 0 Å². The summed E-state index contributed by atoms with van der Waals surface area (Å²) in [7, 11) is 1.67. The van der Waals surface area contributed by atoms with E-state index in [4.69, 9.17) is 4.74 Å². The third-order valence-electron chi connectivity index (χ3n) is 4.98. The molecule has 8 heteroatoms. The zero-order valence-corrected chi connectivity index (χ0v) is 20.4. The van der Waals surface area contributed by atoms with Crippen LogP contribution in [0, 0.1) is 0 Å². The topological polar surface area (TPSA) is 101 Å². The fourth-order valence-corrected chi connectivity index (χ4v) is 3.24. The van der Waals surface area contributed by atoms with Gasteiger partial charge >= 0.3 is 6.09 Å². The summed E-state index contributed by atoms with van der Waals surface area (Å²) in [6, 6.07) is 18.8. The lowest BCUT2D eigenvalue weighted by atomic mass is 10.0. The number of amides is 3. The van der Waals surface area contributed by atoms with Crippen LogP contribution in [-0.4, -0.2) is 47.0 Å². The number of anilines is 1. The number of ether oxygens (including phenoxy) is 1. The largest absolute Gasteiger partial charge is 0.439 e. The molecule has 35 heavy (non-hydrogen) atoms. The molecule has 1 heterocycles. The first-order valence-corrected chi connectivity index (χ1v) is 11.2. The van der Waals surface area contributed by atoms with Crippen molar-refractivity contribution in [1.82, 2.24) is 15.2 Å². The van der Waals surface area contributed by atoms with Crippen molar-refractivity contribution in [1.29, 1.82) is 0 Å². The molecule has 1 aromatic heterocycles. The van der Waals surface area contributed by atoms with Gasteiger partial charge in [-0.2, -0.15) is 0 Å². The van der Waals surface area contributed by atoms with Crippen LogP contribution in [0.15, 0.2) is 73.1 Å². The lowest BCUT2D eigenvalue weighted by molar-refractivity contribution is -0.133. The number of aromatic nitrogens is 1. The van der Waals surface area contributed by atoms with Gasteiger partial charge < -0.3 is 20.3 Å². The molecule has 0 atom stereocenters. The van der Waals surface area contributed by atoms with Gasteiger partial charge in [0.2, 0.25) is 0 Å². The third-order valence-corrected chi connectivity index (χ3v) is 4.98. The number of hydrogen-bond acceptors (Lipinski definition) is 5. The maximum Gasteiger partial charge on any atom is 0.408 e. The summed E-state index contributed by atoms with van der Waals surface area (Å²) >= 11 is 0. The molecule has 0 saturated carbocycles. The summed E-state index contributed by atoms with van der Waals surface area (Å²) in [5.74, 6) is -0.520. The highest BCUT2D eigenvalue weighted by atomic mass is 16.6. The molecule has 0 unspecified atom stereocenters. The Morgan fingerprint density at radius 1 is 0.971 bits per heavy atom. The Kier molecular flexibility index (Phi) is 8.20. The first-order valence-electron chi connectivity index (χ1n) is 11.2. The van der Waals surface area contributed by atoms with Gasteiger partial charge in [0.15, 0.2) is 6.61 Å². The average Bonchev–Trinajstić information content (AvgIpc) is 2.82. The Balaban J connectivity index is 1.57. The molecule has 2 aromatic carbocycles. The number of hydrogen-bond donors (Lipinski definition) is 2. The fourth-order valence-electron chi connectivity index (χ4n) is 3.24. The standard InChI is InChI=1S/C27H30N4O4/c1-27(2,3)30-26(34)35-18-24(32)31(4)17-19-7-5-8-21(15-19)20-10-12-23(13-11-20)29-25(33)22-9-6-14-28-16-22/h5-16H,17-18H2,1-4H3,(H,29,33)(H,30,34). The van der Waals surface area contributed by atoms with Gasteiger partial charge in [-0.05, 0) is 67.8 Å². The molecule has 0 spiro atoms. The van der Waals surface area contributed by atoms with Gasteiger partial charge in [0.25, 0.3) is 11.8 Å². The van der Waals surface area contributed by atoms with E-state index in [0.717, 1.165) is 16.7 Å². The first-order chi connectivity index (χ1) is 16.6. The maximum atomic E-state index is 12.4. The van der Waals surface area contributed by atoms with Crippen LogP contribution in [0.1, 0.15) is 36.7 Å². The van der Waals surface area contributed by atoms with Crippen molar-refractivity contribution in [2.45, 2.75) is 32.9 Å². The van der Waals surface area contributed by atoms with E-state index >= 15 is 0 Å². The molecular formula is C27H30N4O4. The number of nitrogens with zero attached hydrogens (tertiary/aromatic N) is 2. The monoisotopic (exact) mass is 474 g/mol. The van der Waals surface area contributed by atoms with Crippen molar-refractivity contribution in [2.24, 2.45) is 0 Å². The number of alkyl carbamates (subject to hydrolysis) is 1. The fraction of sp³-hybridized carbons (Fsp3) is 0.259. The predicted molar refractivity (Wildman–Crippen MR) is 135 cm³/mol. The summed E-state index contributed by atoms with van der Waals surface area (Å²) in [5.41, 5.74) is 3.63. The van der Waals surface area contributed by atoms with Crippen LogP contribution in [0.4, 0.5) is 10.5 Å². The van der Waals surface area contributed by atoms with E-state index in [1.165, 1.54) is 11.1 Å². The molecule has 3 aromatic rings. The molecule has 8 nitrogen and oxygen atoms in total. The van der Waals surface area contributed by atoms with Crippen molar-refractivity contribution in [3.8, 4) is 11.1 Å². The zero-order chi connectivity index (χ0) is 25.4. The van der Waals surface area contributed by atoms with Gasteiger partial charge in [0.1, 0.15) is 0 Å². The lowest BCUT2D eigenvalue weighted by Crippen LogP contribution is -2.42. The van der Waals surface area contributed by atoms with Gasteiger partial charge in [0, 0.05) is 37.2 Å². The molecule has 0 aliphatic rings. The summed E-state index contributed by atoms with van der Waals surface area (Å²) in [6.07, 6.45) is 2.51. The number of likely N-dealkylation sites (N-methyl/N-ethyl adjacent to an activating group) is 1. The summed E-state index contributed by atoms with van der Waals surface area (Å²) in [6.45, 7) is 5.55. The molecule has 182 valence electrons. The quantitative estimate of drug-likeness (QED) is 0.526. The number of benzene rings is 2. The van der Waals surface area contributed by atoms with E-state index in [0.29, 0.717) is 17.8 Å². The molecule has 0 aliphatic carbocycles. The van der Waals surface area contributed by atoms with Crippen LogP contribution in [0.5, 0.6) is 0 Å². The molecule has 0 saturated heterocycles. The molecule has 3 amide bonds. The SMILES string of the molecule is CN(Cc1cccc(-c2ccc(NC(=O)c3cccnc3)cc2)c1)C(=O)COC(=O)NC(C)(C)C. The second-order valence-electron chi connectivity index (χ2n) is 9.17. The number of nitrogens with one attached hydrogen (secondary N) is 2. The Bertz CT molecular complexity index is 1170. The lowest BCUT2D eigenvalue weighted by Gasteiger charge is -2.21. The minimum Gasteiger partial charge on any atom is -0.439 e. The Labute approximate surface area is 205 Å². The molecule has 3 rings (SSSR count). The number of carbonyl (C=O) groups is 3. The van der Waals surface area contributed by atoms with E-state index in [1.807, 2.05) is 69.3 Å². The van der Waals surface area contributed by atoms with E-state index in [1.54, 1.807) is 25.4 Å². The third kappa shape index (κ3) is 7.96. The average molecular weight is 475 g/mol. The van der Waals surface area contributed by atoms with Gasteiger partial charge in [-0.1, -0.05) is 30.3 Å². The van der Waals surface area contributed by atoms with Crippen molar-refractivity contribution in [2.75, 3.05) is 19.0 Å². The molecule has 0 fully saturated rings. The predicted octanol–water partition coefficient (Wildman–Crippen LogP) is 4.48. The van der Waals surface area contributed by atoms with Crippen LogP contribution in [0.25, 0.3) is 11.1 Å². The maximum absolute atomic E-state index is 12.4. The number of rotatable bonds is 7. The Morgan fingerprint density at radius 2 is 1.71 bits per heavy atom. The van der Waals surface area contributed by atoms with Crippen LogP contribution < -0.4 is 10.6 Å². The summed E-state index contributed by atoms with van der Waals surface area (Å²) in [5, 5.41) is 5.51. The van der Waals surface area contributed by atoms with Crippen molar-refractivity contribution in [3.63, 3.8) is 0 Å². The van der Waals surface area contributed by atoms with Gasteiger partial charge in [0.05, 0.1) is 5.56 Å². The number of carbonyl (C=O) groups excluding carboxylic acids is 3. The molecule has 2 N–H and O–H groups in total. The van der Waals surface area contributed by atoms with E-state index in [2.05, 4.69) is 15.6 Å². The summed E-state index contributed by atoms with van der Waals surface area (Å²) < 4.78 is 5.02. The Morgan fingerprint density at radius 3 is 2.37 bits per heavy atom. The highest BCUT2D eigenvalue weighted by Crippen LogP contribution is 2.23. The van der Waals surface area contributed by atoms with Gasteiger partial charge in [-0.25, -0.2) is 4.79 Å². The minimum atomic E-state index is -0.624. The molecule has 0 aliphatic heterocycles. The second-order valence-corrected chi connectivity index (χ2v) is 9.17. The van der Waals surface area contributed by atoms with Crippen LogP contribution in [-0.2, 0) is 16.1 Å². The van der Waals surface area contributed by atoms with E-state index in [-0.39, 0.29) is 18.4 Å². The normalized spacial score (nSPS) is 10.9. The molecular weight excluding hydrogens is 444 g/mol. The summed E-state index contributed by atoms with van der Waals surface area (Å²) in [4.78, 5) is 41.9. The second kappa shape index (κ2) is 11.3.